The van der Waals surface area contributed by atoms with Gasteiger partial charge in [-0.3, -0.25) is 0 Å². The average Bonchev–Trinajstić information content (AvgIpc) is 2.04. The van der Waals surface area contributed by atoms with Crippen molar-refractivity contribution >= 4 is 0 Å². The van der Waals surface area contributed by atoms with Crippen molar-refractivity contribution < 1.29 is 0 Å². The molecule has 1 aromatic carbocycles. The van der Waals surface area contributed by atoms with Crippen molar-refractivity contribution in [2.24, 2.45) is 0 Å². The van der Waals surface area contributed by atoms with Crippen LogP contribution in [0.3, 0.4) is 0 Å². The number of hydrogen-bond donors (Lipinski definition) is 0. The highest BCUT2D eigenvalue weighted by atomic mass is 14.0. The predicted octanol–water partition coefficient (Wildman–Crippen LogP) is 3.34. The lowest BCUT2D eigenvalue weighted by Gasteiger charge is -1.99. The first-order valence-corrected chi connectivity index (χ1v) is 4.38. The number of unbranched alkanes of at least 4 members (excludes halogenated alkanes) is 1. The van der Waals surface area contributed by atoms with Crippen LogP contribution in [0.2, 0.25) is 0 Å². The van der Waals surface area contributed by atoms with Gasteiger partial charge in [-0.05, 0) is 25.3 Å². The van der Waals surface area contributed by atoms with Gasteiger partial charge < -0.3 is 0 Å². The third kappa shape index (κ3) is 2.75. The van der Waals surface area contributed by atoms with Gasteiger partial charge in [0.2, 0.25) is 0 Å². The quantitative estimate of drug-likeness (QED) is 0.616. The molecule has 0 fully saturated rings. The molecule has 0 aliphatic rings. The summed E-state index contributed by atoms with van der Waals surface area (Å²) in [6, 6.07) is 8.83. The number of benzene rings is 1. The van der Waals surface area contributed by atoms with E-state index < -0.39 is 0 Å². The van der Waals surface area contributed by atoms with Crippen LogP contribution in [0, 0.1) is 6.92 Å². The Morgan fingerprint density at radius 1 is 1.09 bits per heavy atom. The molecule has 1 rings (SSSR count). The Morgan fingerprint density at radius 3 is 2.27 bits per heavy atom. The molecule has 0 amide bonds. The second kappa shape index (κ2) is 4.17. The Bertz CT molecular complexity index is 196. The Morgan fingerprint density at radius 2 is 1.73 bits per heavy atom. The molecular formula is C11H16. The van der Waals surface area contributed by atoms with E-state index in [-0.39, 0.29) is 0 Å². The second-order valence-corrected chi connectivity index (χ2v) is 3.09. The van der Waals surface area contributed by atoms with Crippen LogP contribution in [-0.2, 0) is 6.42 Å². The molecule has 0 N–H and O–H groups in total. The van der Waals surface area contributed by atoms with Gasteiger partial charge in [0.25, 0.3) is 0 Å². The molecule has 0 aliphatic carbocycles. The van der Waals surface area contributed by atoms with Gasteiger partial charge in [0.15, 0.2) is 0 Å². The molecule has 0 nitrogen and oxygen atoms in total. The van der Waals surface area contributed by atoms with Gasteiger partial charge in [-0.15, -0.1) is 0 Å². The maximum Gasteiger partial charge on any atom is -0.0279 e. The summed E-state index contributed by atoms with van der Waals surface area (Å²) in [4.78, 5) is 0. The standard InChI is InChI=1S/C11H16/c1-3-4-5-11-8-6-10(2)7-9-11/h6-9H,3-5H2,1-2H3. The lowest BCUT2D eigenvalue weighted by molar-refractivity contribution is 0.795. The van der Waals surface area contributed by atoms with E-state index in [4.69, 9.17) is 0 Å². The molecule has 0 bridgehead atoms. The van der Waals surface area contributed by atoms with Crippen molar-refractivity contribution in [2.45, 2.75) is 33.1 Å². The number of aryl methyl sites for hydroxylation is 2. The first kappa shape index (κ1) is 8.32. The maximum absolute atomic E-state index is 2.23. The molecule has 11 heavy (non-hydrogen) atoms. The molecule has 0 spiro atoms. The van der Waals surface area contributed by atoms with Crippen molar-refractivity contribution in [3.05, 3.63) is 35.4 Å². The van der Waals surface area contributed by atoms with Crippen LogP contribution in [0.25, 0.3) is 0 Å². The molecule has 0 aliphatic heterocycles. The molecule has 0 unspecified atom stereocenters. The molecule has 60 valence electrons. The lowest BCUT2D eigenvalue weighted by atomic mass is 10.1. The fourth-order valence-corrected chi connectivity index (χ4v) is 1.14. The normalized spacial score (nSPS) is 10.0. The largest absolute Gasteiger partial charge is 0.0654 e. The summed E-state index contributed by atoms with van der Waals surface area (Å²) in [5.74, 6) is 0. The Hall–Kier alpha value is -0.780. The molecule has 0 heteroatoms. The monoisotopic (exact) mass is 148 g/mol. The molecule has 0 heterocycles. The third-order valence-corrected chi connectivity index (χ3v) is 1.94. The van der Waals surface area contributed by atoms with E-state index in [0.717, 1.165) is 0 Å². The summed E-state index contributed by atoms with van der Waals surface area (Å²) in [5.41, 5.74) is 2.82. The van der Waals surface area contributed by atoms with E-state index in [1.807, 2.05) is 0 Å². The predicted molar refractivity (Wildman–Crippen MR) is 49.8 cm³/mol. The Kier molecular flexibility index (Phi) is 3.15. The van der Waals surface area contributed by atoms with Crippen LogP contribution in [0.4, 0.5) is 0 Å². The molecule has 0 saturated heterocycles. The zero-order valence-electron chi connectivity index (χ0n) is 7.43. The van der Waals surface area contributed by atoms with Crippen molar-refractivity contribution in [1.82, 2.24) is 0 Å². The van der Waals surface area contributed by atoms with Crippen molar-refractivity contribution in [3.63, 3.8) is 0 Å². The van der Waals surface area contributed by atoms with Crippen LogP contribution in [0.5, 0.6) is 0 Å². The Labute approximate surface area is 69.3 Å². The molecular weight excluding hydrogens is 132 g/mol. The van der Waals surface area contributed by atoms with Gasteiger partial charge in [0.1, 0.15) is 0 Å². The van der Waals surface area contributed by atoms with Crippen molar-refractivity contribution in [2.75, 3.05) is 0 Å². The van der Waals surface area contributed by atoms with Crippen LogP contribution in [0.15, 0.2) is 24.3 Å². The summed E-state index contributed by atoms with van der Waals surface area (Å²) in [5, 5.41) is 0. The van der Waals surface area contributed by atoms with E-state index in [2.05, 4.69) is 38.1 Å². The smallest absolute Gasteiger partial charge is 0.0279 e. The summed E-state index contributed by atoms with van der Waals surface area (Å²) >= 11 is 0. The third-order valence-electron chi connectivity index (χ3n) is 1.94. The SMILES string of the molecule is CCCCc1ccc(C)cc1. The van der Waals surface area contributed by atoms with Crippen molar-refractivity contribution in [1.29, 1.82) is 0 Å². The summed E-state index contributed by atoms with van der Waals surface area (Å²) in [6.07, 6.45) is 3.83. The topological polar surface area (TPSA) is 0 Å². The average molecular weight is 148 g/mol. The highest BCUT2D eigenvalue weighted by Crippen LogP contribution is 2.06. The maximum atomic E-state index is 2.23. The number of hydrogen-bond acceptors (Lipinski definition) is 0. The van der Waals surface area contributed by atoms with E-state index in [1.54, 1.807) is 0 Å². The zero-order chi connectivity index (χ0) is 8.10. The molecule has 0 aromatic heterocycles. The summed E-state index contributed by atoms with van der Waals surface area (Å²) in [6.45, 7) is 4.36. The highest BCUT2D eigenvalue weighted by molar-refractivity contribution is 5.21. The molecule has 0 atom stereocenters. The van der Waals surface area contributed by atoms with Gasteiger partial charge in [0, 0.05) is 0 Å². The fraction of sp³-hybridized carbons (Fsp3) is 0.455. The minimum atomic E-state index is 1.23. The lowest BCUT2D eigenvalue weighted by Crippen LogP contribution is -1.83. The van der Waals surface area contributed by atoms with E-state index in [0.29, 0.717) is 0 Å². The summed E-state index contributed by atoms with van der Waals surface area (Å²) < 4.78 is 0. The minimum absolute atomic E-state index is 1.23. The highest BCUT2D eigenvalue weighted by Gasteiger charge is 1.90. The van der Waals surface area contributed by atoms with E-state index in [9.17, 15) is 0 Å². The Balaban J connectivity index is 2.52. The molecule has 0 radical (unpaired) electrons. The van der Waals surface area contributed by atoms with Crippen LogP contribution >= 0.6 is 0 Å². The van der Waals surface area contributed by atoms with Crippen LogP contribution in [-0.4, -0.2) is 0 Å². The first-order chi connectivity index (χ1) is 5.33. The van der Waals surface area contributed by atoms with Crippen molar-refractivity contribution in [3.8, 4) is 0 Å². The van der Waals surface area contributed by atoms with E-state index in [1.165, 1.54) is 30.4 Å². The van der Waals surface area contributed by atoms with Gasteiger partial charge in [-0.1, -0.05) is 43.2 Å². The molecule has 0 saturated carbocycles. The van der Waals surface area contributed by atoms with Gasteiger partial charge in [-0.2, -0.15) is 0 Å². The second-order valence-electron chi connectivity index (χ2n) is 3.09. The van der Waals surface area contributed by atoms with E-state index >= 15 is 0 Å². The van der Waals surface area contributed by atoms with Crippen LogP contribution in [0.1, 0.15) is 30.9 Å². The van der Waals surface area contributed by atoms with Gasteiger partial charge >= 0.3 is 0 Å². The first-order valence-electron chi connectivity index (χ1n) is 4.38. The van der Waals surface area contributed by atoms with Crippen LogP contribution < -0.4 is 0 Å². The fourth-order valence-electron chi connectivity index (χ4n) is 1.14. The zero-order valence-corrected chi connectivity index (χ0v) is 7.43. The van der Waals surface area contributed by atoms with Gasteiger partial charge in [0.05, 0.1) is 0 Å². The van der Waals surface area contributed by atoms with Gasteiger partial charge in [-0.25, -0.2) is 0 Å². The molecule has 1 aromatic rings. The number of rotatable bonds is 3. The summed E-state index contributed by atoms with van der Waals surface area (Å²) in [7, 11) is 0. The minimum Gasteiger partial charge on any atom is -0.0654 e.